The third kappa shape index (κ3) is 1.74. The molecular formula is C16H12FN3O. The van der Waals surface area contributed by atoms with E-state index in [0.717, 1.165) is 11.4 Å². The molecule has 0 radical (unpaired) electrons. The highest BCUT2D eigenvalue weighted by atomic mass is 19.1. The van der Waals surface area contributed by atoms with E-state index in [-0.39, 0.29) is 11.7 Å². The number of carbonyl (C=O) groups is 1. The summed E-state index contributed by atoms with van der Waals surface area (Å²) in [5, 5.41) is 0. The maximum atomic E-state index is 13.2. The Labute approximate surface area is 121 Å². The van der Waals surface area contributed by atoms with Gasteiger partial charge in [0.1, 0.15) is 5.82 Å². The summed E-state index contributed by atoms with van der Waals surface area (Å²) in [6, 6.07) is 13.6. The summed E-state index contributed by atoms with van der Waals surface area (Å²) in [6.07, 6.45) is 0. The van der Waals surface area contributed by atoms with Crippen molar-refractivity contribution in [1.82, 2.24) is 4.90 Å². The summed E-state index contributed by atoms with van der Waals surface area (Å²) < 4.78 is 13.2. The highest BCUT2D eigenvalue weighted by Crippen LogP contribution is 2.35. The fourth-order valence-electron chi connectivity index (χ4n) is 2.77. The van der Waals surface area contributed by atoms with Crippen LogP contribution in [0.15, 0.2) is 53.5 Å². The second-order valence-electron chi connectivity index (χ2n) is 4.97. The van der Waals surface area contributed by atoms with Crippen molar-refractivity contribution < 1.29 is 9.18 Å². The minimum Gasteiger partial charge on any atom is -0.280 e. The predicted molar refractivity (Wildman–Crippen MR) is 78.3 cm³/mol. The molecule has 0 aromatic heterocycles. The number of carbonyl (C=O) groups excluding carboxylic acids is 1. The van der Waals surface area contributed by atoms with Crippen LogP contribution in [0.5, 0.6) is 0 Å². The van der Waals surface area contributed by atoms with Gasteiger partial charge in [0, 0.05) is 12.2 Å². The number of guanidine groups is 1. The first-order valence-corrected chi connectivity index (χ1v) is 6.77. The normalized spacial score (nSPS) is 16.6. The first-order chi connectivity index (χ1) is 10.3. The third-order valence-corrected chi connectivity index (χ3v) is 3.72. The van der Waals surface area contributed by atoms with Crippen LogP contribution in [-0.2, 0) is 0 Å². The Morgan fingerprint density at radius 2 is 1.81 bits per heavy atom. The molecule has 2 heterocycles. The largest absolute Gasteiger partial charge is 0.280 e. The molecule has 0 fully saturated rings. The van der Waals surface area contributed by atoms with E-state index < -0.39 is 0 Å². The number of aliphatic imine (C=N–C) groups is 1. The van der Waals surface area contributed by atoms with E-state index in [9.17, 15) is 9.18 Å². The Morgan fingerprint density at radius 3 is 2.62 bits per heavy atom. The Kier molecular flexibility index (Phi) is 2.54. The number of nitrogens with zero attached hydrogens (tertiary/aromatic N) is 3. The fraction of sp³-hybridized carbons (Fsp3) is 0.125. The number of para-hydroxylation sites is 1. The monoisotopic (exact) mass is 281 g/mol. The van der Waals surface area contributed by atoms with Gasteiger partial charge in [-0.15, -0.1) is 0 Å². The van der Waals surface area contributed by atoms with Gasteiger partial charge in [0.05, 0.1) is 17.8 Å². The van der Waals surface area contributed by atoms with E-state index >= 15 is 0 Å². The van der Waals surface area contributed by atoms with Crippen molar-refractivity contribution in [1.29, 1.82) is 0 Å². The Bertz CT molecular complexity index is 754. The van der Waals surface area contributed by atoms with Crippen LogP contribution < -0.4 is 4.90 Å². The van der Waals surface area contributed by atoms with Gasteiger partial charge < -0.3 is 0 Å². The maximum absolute atomic E-state index is 13.2. The van der Waals surface area contributed by atoms with Crippen molar-refractivity contribution >= 4 is 23.2 Å². The van der Waals surface area contributed by atoms with Gasteiger partial charge >= 0.3 is 0 Å². The van der Waals surface area contributed by atoms with E-state index in [4.69, 9.17) is 0 Å². The Morgan fingerprint density at radius 1 is 1.05 bits per heavy atom. The molecule has 4 rings (SSSR count). The van der Waals surface area contributed by atoms with Crippen LogP contribution in [0.3, 0.4) is 0 Å². The summed E-state index contributed by atoms with van der Waals surface area (Å²) >= 11 is 0. The molecule has 0 atom stereocenters. The molecule has 0 spiro atoms. The van der Waals surface area contributed by atoms with Gasteiger partial charge in [0.2, 0.25) is 5.96 Å². The molecule has 2 aromatic carbocycles. The van der Waals surface area contributed by atoms with Crippen LogP contribution >= 0.6 is 0 Å². The molecule has 2 aliphatic rings. The molecule has 1 amide bonds. The summed E-state index contributed by atoms with van der Waals surface area (Å²) in [7, 11) is 0. The second kappa shape index (κ2) is 4.41. The van der Waals surface area contributed by atoms with Crippen molar-refractivity contribution in [3.05, 3.63) is 59.9 Å². The average molecular weight is 281 g/mol. The molecule has 2 aliphatic heterocycles. The fourth-order valence-corrected chi connectivity index (χ4v) is 2.77. The topological polar surface area (TPSA) is 35.9 Å². The molecule has 4 nitrogen and oxygen atoms in total. The molecule has 5 heteroatoms. The standard InChI is InChI=1S/C16H12FN3O/c17-11-5-7-12(8-6-11)20-14-4-2-1-3-13(14)15(21)19-10-9-18-16(19)20/h1-8H,9-10H2. The minimum atomic E-state index is -0.287. The zero-order valence-electron chi connectivity index (χ0n) is 11.2. The number of anilines is 2. The van der Waals surface area contributed by atoms with Crippen molar-refractivity contribution in [2.45, 2.75) is 0 Å². The van der Waals surface area contributed by atoms with Crippen LogP contribution in [0.4, 0.5) is 15.8 Å². The van der Waals surface area contributed by atoms with Gasteiger partial charge in [0.25, 0.3) is 5.91 Å². The third-order valence-electron chi connectivity index (χ3n) is 3.72. The van der Waals surface area contributed by atoms with E-state index in [0.29, 0.717) is 24.6 Å². The molecule has 0 unspecified atom stereocenters. The zero-order chi connectivity index (χ0) is 14.4. The smallest absolute Gasteiger partial charge is 0.262 e. The lowest BCUT2D eigenvalue weighted by molar-refractivity contribution is 0.0853. The summed E-state index contributed by atoms with van der Waals surface area (Å²) in [6.45, 7) is 1.17. The van der Waals surface area contributed by atoms with Crippen molar-refractivity contribution in [3.8, 4) is 0 Å². The first kappa shape index (κ1) is 12.1. The van der Waals surface area contributed by atoms with Crippen LogP contribution in [-0.4, -0.2) is 29.9 Å². The quantitative estimate of drug-likeness (QED) is 0.806. The van der Waals surface area contributed by atoms with Crippen LogP contribution in [0.2, 0.25) is 0 Å². The van der Waals surface area contributed by atoms with Gasteiger partial charge in [0.15, 0.2) is 0 Å². The number of fused-ring (bicyclic) bond motifs is 2. The lowest BCUT2D eigenvalue weighted by Gasteiger charge is -2.35. The number of rotatable bonds is 1. The van der Waals surface area contributed by atoms with E-state index in [1.807, 2.05) is 29.2 Å². The predicted octanol–water partition coefficient (Wildman–Crippen LogP) is 2.79. The van der Waals surface area contributed by atoms with Gasteiger partial charge in [-0.2, -0.15) is 0 Å². The molecule has 21 heavy (non-hydrogen) atoms. The highest BCUT2D eigenvalue weighted by Gasteiger charge is 2.37. The van der Waals surface area contributed by atoms with Crippen LogP contribution in [0.25, 0.3) is 0 Å². The molecule has 104 valence electrons. The SMILES string of the molecule is O=C1c2ccccc2N(c2ccc(F)cc2)C2=NCCN12. The molecule has 0 N–H and O–H groups in total. The molecule has 0 bridgehead atoms. The van der Waals surface area contributed by atoms with E-state index in [2.05, 4.69) is 4.99 Å². The van der Waals surface area contributed by atoms with Gasteiger partial charge in [-0.25, -0.2) is 4.39 Å². The average Bonchev–Trinajstić information content (AvgIpc) is 2.99. The first-order valence-electron chi connectivity index (χ1n) is 6.77. The summed E-state index contributed by atoms with van der Waals surface area (Å²) in [5.74, 6) is 0.302. The number of halogens is 1. The minimum absolute atomic E-state index is 0.0276. The molecule has 2 aromatic rings. The summed E-state index contributed by atoms with van der Waals surface area (Å²) in [5.41, 5.74) is 2.22. The zero-order valence-corrected chi connectivity index (χ0v) is 11.2. The molecular weight excluding hydrogens is 269 g/mol. The van der Waals surface area contributed by atoms with E-state index in [1.165, 1.54) is 12.1 Å². The van der Waals surface area contributed by atoms with Crippen molar-refractivity contribution in [3.63, 3.8) is 0 Å². The lowest BCUT2D eigenvalue weighted by Crippen LogP contribution is -2.47. The van der Waals surface area contributed by atoms with Crippen LogP contribution in [0.1, 0.15) is 10.4 Å². The highest BCUT2D eigenvalue weighted by molar-refractivity contribution is 6.21. The van der Waals surface area contributed by atoms with Gasteiger partial charge in [-0.1, -0.05) is 12.1 Å². The Hall–Kier alpha value is -2.69. The number of benzene rings is 2. The van der Waals surface area contributed by atoms with Gasteiger partial charge in [-0.05, 0) is 36.4 Å². The number of amides is 1. The molecule has 0 saturated carbocycles. The number of hydrogen-bond donors (Lipinski definition) is 0. The van der Waals surface area contributed by atoms with Crippen molar-refractivity contribution in [2.75, 3.05) is 18.0 Å². The lowest BCUT2D eigenvalue weighted by atomic mass is 10.1. The van der Waals surface area contributed by atoms with Gasteiger partial charge in [-0.3, -0.25) is 19.6 Å². The van der Waals surface area contributed by atoms with E-state index in [1.54, 1.807) is 17.0 Å². The second-order valence-corrected chi connectivity index (χ2v) is 4.97. The summed E-state index contributed by atoms with van der Waals surface area (Å²) in [4.78, 5) is 20.5. The number of hydrogen-bond acceptors (Lipinski definition) is 3. The van der Waals surface area contributed by atoms with Crippen molar-refractivity contribution in [2.24, 2.45) is 4.99 Å². The maximum Gasteiger partial charge on any atom is 0.262 e. The molecule has 0 saturated heterocycles. The Balaban J connectivity index is 1.93. The van der Waals surface area contributed by atoms with Crippen LogP contribution in [0, 0.1) is 5.82 Å². The molecule has 0 aliphatic carbocycles.